The number of carbonyl (C=O) groups is 1. The van der Waals surface area contributed by atoms with Crippen LogP contribution in [0.4, 0.5) is 5.69 Å². The topological polar surface area (TPSA) is 75.8 Å². The highest BCUT2D eigenvalue weighted by Crippen LogP contribution is 2.38. The van der Waals surface area contributed by atoms with Crippen molar-refractivity contribution in [3.8, 4) is 5.75 Å². The molecule has 5 heteroatoms. The quantitative estimate of drug-likeness (QED) is 0.874. The largest absolute Gasteiger partial charge is 0.478 e. The van der Waals surface area contributed by atoms with Crippen LogP contribution in [0.25, 0.3) is 0 Å². The second kappa shape index (κ2) is 6.67. The lowest BCUT2D eigenvalue weighted by Gasteiger charge is -2.36. The van der Waals surface area contributed by atoms with Crippen molar-refractivity contribution >= 4 is 11.6 Å². The van der Waals surface area contributed by atoms with Gasteiger partial charge in [-0.3, -0.25) is 4.79 Å². The van der Waals surface area contributed by atoms with Crippen molar-refractivity contribution in [1.82, 2.24) is 0 Å². The number of nitrogens with two attached hydrogens (primary N) is 1. The molecule has 0 radical (unpaired) electrons. The number of aliphatic hydroxyl groups excluding tert-OH is 1. The van der Waals surface area contributed by atoms with Crippen molar-refractivity contribution < 1.29 is 14.6 Å². The Kier molecular flexibility index (Phi) is 5.08. The van der Waals surface area contributed by atoms with Crippen LogP contribution in [0.2, 0.25) is 0 Å². The van der Waals surface area contributed by atoms with Crippen LogP contribution < -0.4 is 15.4 Å². The van der Waals surface area contributed by atoms with Crippen LogP contribution in [-0.4, -0.2) is 29.7 Å². The minimum atomic E-state index is -0.758. The molecule has 22 heavy (non-hydrogen) atoms. The maximum absolute atomic E-state index is 12.6. The number of aliphatic hydroxyl groups is 1. The number of benzene rings is 1. The van der Waals surface area contributed by atoms with E-state index in [2.05, 4.69) is 0 Å². The van der Waals surface area contributed by atoms with Gasteiger partial charge in [-0.25, -0.2) is 0 Å². The molecule has 1 heterocycles. The molecular formula is C17H26N2O3. The lowest BCUT2D eigenvalue weighted by Crippen LogP contribution is -2.48. The molecule has 0 saturated carbocycles. The minimum Gasteiger partial charge on any atom is -0.478 e. The molecule has 122 valence electrons. The van der Waals surface area contributed by atoms with Gasteiger partial charge in [-0.1, -0.05) is 26.8 Å². The van der Waals surface area contributed by atoms with Crippen molar-refractivity contribution in [2.24, 2.45) is 11.7 Å². The van der Waals surface area contributed by atoms with Crippen molar-refractivity contribution in [2.45, 2.75) is 52.4 Å². The van der Waals surface area contributed by atoms with Gasteiger partial charge in [0.1, 0.15) is 5.75 Å². The van der Waals surface area contributed by atoms with Gasteiger partial charge in [-0.15, -0.1) is 0 Å². The number of carbonyl (C=O) groups excluding carboxylic acids is 1. The van der Waals surface area contributed by atoms with Gasteiger partial charge in [-0.2, -0.15) is 0 Å². The van der Waals surface area contributed by atoms with Gasteiger partial charge in [0, 0.05) is 12.6 Å². The molecule has 3 atom stereocenters. The summed E-state index contributed by atoms with van der Waals surface area (Å²) in [5, 5.41) is 10.2. The summed E-state index contributed by atoms with van der Waals surface area (Å²) in [4.78, 5) is 14.4. The molecule has 0 aliphatic carbocycles. The highest BCUT2D eigenvalue weighted by atomic mass is 16.5. The van der Waals surface area contributed by atoms with Crippen LogP contribution in [0.1, 0.15) is 45.8 Å². The number of hydrogen-bond donors (Lipinski definition) is 2. The van der Waals surface area contributed by atoms with Crippen LogP contribution in [0.5, 0.6) is 5.75 Å². The molecule has 1 aromatic rings. The normalized spacial score (nSPS) is 20.6. The third kappa shape index (κ3) is 3.10. The molecule has 5 nitrogen and oxygen atoms in total. The highest BCUT2D eigenvalue weighted by Gasteiger charge is 2.36. The number of anilines is 1. The monoisotopic (exact) mass is 306 g/mol. The van der Waals surface area contributed by atoms with Gasteiger partial charge in [0.25, 0.3) is 5.91 Å². The van der Waals surface area contributed by atoms with E-state index in [9.17, 15) is 9.90 Å². The summed E-state index contributed by atoms with van der Waals surface area (Å²) in [5.41, 5.74) is 7.19. The predicted molar refractivity (Wildman–Crippen MR) is 86.9 cm³/mol. The first-order chi connectivity index (χ1) is 10.4. The molecule has 0 spiro atoms. The van der Waals surface area contributed by atoms with Gasteiger partial charge in [0.05, 0.1) is 11.8 Å². The van der Waals surface area contributed by atoms with Gasteiger partial charge < -0.3 is 20.5 Å². The molecule has 0 bridgehead atoms. The summed E-state index contributed by atoms with van der Waals surface area (Å²) in [5.74, 6) is 0.776. The summed E-state index contributed by atoms with van der Waals surface area (Å²) >= 11 is 0. The number of ether oxygens (including phenoxy) is 1. The van der Waals surface area contributed by atoms with E-state index in [0.717, 1.165) is 12.1 Å². The van der Waals surface area contributed by atoms with Gasteiger partial charge >= 0.3 is 0 Å². The zero-order valence-corrected chi connectivity index (χ0v) is 13.7. The summed E-state index contributed by atoms with van der Waals surface area (Å²) in [7, 11) is 0. The Bertz CT molecular complexity index is 543. The molecule has 0 fully saturated rings. The molecular weight excluding hydrogens is 280 g/mol. The lowest BCUT2D eigenvalue weighted by molar-refractivity contribution is -0.128. The summed E-state index contributed by atoms with van der Waals surface area (Å²) < 4.78 is 5.87. The lowest BCUT2D eigenvalue weighted by atomic mass is 9.99. The molecule has 3 N–H and O–H groups in total. The van der Waals surface area contributed by atoms with E-state index in [0.29, 0.717) is 17.9 Å². The fourth-order valence-electron chi connectivity index (χ4n) is 2.67. The fraction of sp³-hybridized carbons (Fsp3) is 0.588. The maximum Gasteiger partial charge on any atom is 0.268 e. The molecule has 1 amide bonds. The molecule has 2 rings (SSSR count). The predicted octanol–water partition coefficient (Wildman–Crippen LogP) is 2.23. The van der Waals surface area contributed by atoms with Crippen LogP contribution in [0.15, 0.2) is 18.2 Å². The number of fused-ring (bicyclic) bond motifs is 1. The first-order valence-corrected chi connectivity index (χ1v) is 7.92. The Morgan fingerprint density at radius 2 is 2.05 bits per heavy atom. The van der Waals surface area contributed by atoms with Crippen LogP contribution in [0.3, 0.4) is 0 Å². The standard InChI is InChI=1S/C17H26N2O3/c1-5-8-19-13-9-12(15(20)11(4)18)6-7-14(13)22-16(10(2)3)17(19)21/h6-7,9-11,15-16,20H,5,8,18H2,1-4H3. The van der Waals surface area contributed by atoms with E-state index in [1.54, 1.807) is 11.8 Å². The zero-order valence-electron chi connectivity index (χ0n) is 13.7. The van der Waals surface area contributed by atoms with Crippen molar-refractivity contribution in [1.29, 1.82) is 0 Å². The van der Waals surface area contributed by atoms with Gasteiger partial charge in [0.2, 0.25) is 0 Å². The SMILES string of the molecule is CCCN1C(=O)C(C(C)C)Oc2ccc(C(O)C(C)N)cc21. The molecule has 1 aliphatic heterocycles. The second-order valence-corrected chi connectivity index (χ2v) is 6.30. The number of amides is 1. The van der Waals surface area contributed by atoms with Crippen LogP contribution in [0, 0.1) is 5.92 Å². The molecule has 1 aliphatic rings. The molecule has 0 saturated heterocycles. The first kappa shape index (κ1) is 16.8. The van der Waals surface area contributed by atoms with E-state index in [1.165, 1.54) is 0 Å². The molecule has 0 aromatic heterocycles. The molecule has 3 unspecified atom stereocenters. The van der Waals surface area contributed by atoms with E-state index in [-0.39, 0.29) is 17.9 Å². The number of nitrogens with zero attached hydrogens (tertiary/aromatic N) is 1. The van der Waals surface area contributed by atoms with Crippen molar-refractivity contribution in [2.75, 3.05) is 11.4 Å². The minimum absolute atomic E-state index is 0.0169. The highest BCUT2D eigenvalue weighted by molar-refractivity contribution is 6.00. The van der Waals surface area contributed by atoms with Gasteiger partial charge in [0.15, 0.2) is 6.10 Å². The fourth-order valence-corrected chi connectivity index (χ4v) is 2.67. The van der Waals surface area contributed by atoms with E-state index < -0.39 is 12.2 Å². The number of rotatable bonds is 5. The second-order valence-electron chi connectivity index (χ2n) is 6.30. The molecule has 1 aromatic carbocycles. The van der Waals surface area contributed by atoms with E-state index in [1.807, 2.05) is 39.0 Å². The maximum atomic E-state index is 12.6. The Hall–Kier alpha value is -1.59. The zero-order chi connectivity index (χ0) is 16.4. The van der Waals surface area contributed by atoms with Crippen molar-refractivity contribution in [3.63, 3.8) is 0 Å². The average molecular weight is 306 g/mol. The Morgan fingerprint density at radius 1 is 1.36 bits per heavy atom. The summed E-state index contributed by atoms with van der Waals surface area (Å²) in [6.07, 6.45) is -0.356. The smallest absolute Gasteiger partial charge is 0.268 e. The van der Waals surface area contributed by atoms with Crippen LogP contribution >= 0.6 is 0 Å². The van der Waals surface area contributed by atoms with E-state index >= 15 is 0 Å². The first-order valence-electron chi connectivity index (χ1n) is 7.92. The van der Waals surface area contributed by atoms with Crippen molar-refractivity contribution in [3.05, 3.63) is 23.8 Å². The third-order valence-corrected chi connectivity index (χ3v) is 3.93. The number of hydrogen-bond acceptors (Lipinski definition) is 4. The van der Waals surface area contributed by atoms with E-state index in [4.69, 9.17) is 10.5 Å². The average Bonchev–Trinajstić information content (AvgIpc) is 2.48. The summed E-state index contributed by atoms with van der Waals surface area (Å²) in [6.45, 7) is 8.38. The Morgan fingerprint density at radius 3 is 2.59 bits per heavy atom. The van der Waals surface area contributed by atoms with Gasteiger partial charge in [-0.05, 0) is 37.0 Å². The van der Waals surface area contributed by atoms with Crippen LogP contribution in [-0.2, 0) is 4.79 Å². The third-order valence-electron chi connectivity index (χ3n) is 3.93. The summed E-state index contributed by atoms with van der Waals surface area (Å²) in [6, 6.07) is 5.07. The Labute approximate surface area is 132 Å². The Balaban J connectivity index is 2.44.